The first-order valence-corrected chi connectivity index (χ1v) is 5.95. The van der Waals surface area contributed by atoms with E-state index in [9.17, 15) is 4.79 Å². The third-order valence-electron chi connectivity index (χ3n) is 2.88. The van der Waals surface area contributed by atoms with Gasteiger partial charge in [0.05, 0.1) is 11.4 Å². The third kappa shape index (κ3) is 2.10. The zero-order valence-corrected chi connectivity index (χ0v) is 10.7. The Morgan fingerprint density at radius 1 is 1.11 bits per heavy atom. The van der Waals surface area contributed by atoms with Gasteiger partial charge in [-0.25, -0.2) is 9.67 Å². The normalized spacial score (nSPS) is 15.5. The molecule has 0 spiro atoms. The van der Waals surface area contributed by atoms with Crippen LogP contribution in [-0.2, 0) is 0 Å². The molecule has 0 aliphatic carbocycles. The summed E-state index contributed by atoms with van der Waals surface area (Å²) in [5.41, 5.74) is 3.10. The predicted octanol–water partition coefficient (Wildman–Crippen LogP) is 1.91. The summed E-state index contributed by atoms with van der Waals surface area (Å²) in [5, 5.41) is 4.29. The molecule has 0 unspecified atom stereocenters. The lowest BCUT2D eigenvalue weighted by molar-refractivity contribution is 0.829. The van der Waals surface area contributed by atoms with Gasteiger partial charge in [0.1, 0.15) is 5.71 Å². The lowest BCUT2D eigenvalue weighted by Crippen LogP contribution is -2.16. The predicted molar refractivity (Wildman–Crippen MR) is 74.4 cm³/mol. The summed E-state index contributed by atoms with van der Waals surface area (Å²) in [5.74, 6) is 0.491. The molecule has 0 bridgehead atoms. The van der Waals surface area contributed by atoms with Crippen molar-refractivity contribution in [3.63, 3.8) is 0 Å². The number of fused-ring (bicyclic) bond motifs is 1. The van der Waals surface area contributed by atoms with Gasteiger partial charge in [-0.3, -0.25) is 4.79 Å². The van der Waals surface area contributed by atoms with E-state index in [1.807, 2.05) is 38.1 Å². The van der Waals surface area contributed by atoms with Crippen molar-refractivity contribution in [2.45, 2.75) is 13.8 Å². The van der Waals surface area contributed by atoms with E-state index in [4.69, 9.17) is 0 Å². The number of aliphatic imine (C=N–C) groups is 1. The summed E-state index contributed by atoms with van der Waals surface area (Å²) in [4.78, 5) is 19.8. The van der Waals surface area contributed by atoms with Crippen LogP contribution < -0.4 is 5.56 Å². The second-order valence-corrected chi connectivity index (χ2v) is 4.42. The first-order valence-electron chi connectivity index (χ1n) is 5.95. The largest absolute Gasteiger partial charge is 0.273 e. The number of rotatable bonds is 1. The maximum Gasteiger partial charge on any atom is 0.273 e. The summed E-state index contributed by atoms with van der Waals surface area (Å²) in [7, 11) is 0. The monoisotopic (exact) mass is 252 g/mol. The van der Waals surface area contributed by atoms with E-state index < -0.39 is 0 Å². The Labute approximate surface area is 110 Å². The number of aryl methyl sites for hydroxylation is 1. The Hall–Kier alpha value is -2.56. The lowest BCUT2D eigenvalue weighted by atomic mass is 10.2. The molecular weight excluding hydrogens is 240 g/mol. The van der Waals surface area contributed by atoms with Gasteiger partial charge in [-0.05, 0) is 26.0 Å². The molecule has 0 fully saturated rings. The quantitative estimate of drug-likeness (QED) is 0.778. The molecule has 5 nitrogen and oxygen atoms in total. The van der Waals surface area contributed by atoms with Crippen LogP contribution in [0.4, 0.5) is 5.69 Å². The first kappa shape index (κ1) is 11.5. The Kier molecular flexibility index (Phi) is 2.59. The highest BCUT2D eigenvalue weighted by molar-refractivity contribution is 6.48. The van der Waals surface area contributed by atoms with Crippen molar-refractivity contribution in [3.8, 4) is 0 Å². The number of aromatic nitrogens is 2. The number of hydrogen-bond acceptors (Lipinski definition) is 4. The average Bonchev–Trinajstić information content (AvgIpc) is 2.69. The van der Waals surface area contributed by atoms with E-state index in [1.54, 1.807) is 10.9 Å². The molecule has 2 heterocycles. The van der Waals surface area contributed by atoms with Crippen molar-refractivity contribution in [1.82, 2.24) is 9.66 Å². The average molecular weight is 252 g/mol. The summed E-state index contributed by atoms with van der Waals surface area (Å²) in [6.45, 7) is 3.88. The van der Waals surface area contributed by atoms with Crippen LogP contribution in [0, 0.1) is 6.92 Å². The van der Waals surface area contributed by atoms with E-state index in [0.717, 1.165) is 11.4 Å². The second kappa shape index (κ2) is 4.28. The van der Waals surface area contributed by atoms with Crippen molar-refractivity contribution in [3.05, 3.63) is 58.3 Å². The van der Waals surface area contributed by atoms with Gasteiger partial charge >= 0.3 is 0 Å². The summed E-state index contributed by atoms with van der Waals surface area (Å²) < 4.78 is 1.57. The molecule has 0 saturated heterocycles. The van der Waals surface area contributed by atoms with E-state index in [0.29, 0.717) is 11.5 Å². The standard InChI is InChI=1S/C14H12N4O/c1-9-3-5-11(6-4-9)15-13-10(2)17-18-8-7-12(19)16-14(13)18/h3-8H,1-2H3. The summed E-state index contributed by atoms with van der Waals surface area (Å²) in [6.07, 6.45) is 1.60. The highest BCUT2D eigenvalue weighted by Gasteiger charge is 2.20. The van der Waals surface area contributed by atoms with Crippen LogP contribution in [0.2, 0.25) is 0 Å². The molecule has 1 aromatic heterocycles. The van der Waals surface area contributed by atoms with Crippen LogP contribution in [0.25, 0.3) is 0 Å². The van der Waals surface area contributed by atoms with Gasteiger partial charge in [0.2, 0.25) is 0 Å². The minimum atomic E-state index is -0.284. The molecule has 2 aromatic rings. The van der Waals surface area contributed by atoms with Crippen LogP contribution in [0.15, 0.2) is 51.4 Å². The Bertz CT molecular complexity index is 754. The third-order valence-corrected chi connectivity index (χ3v) is 2.88. The molecule has 3 rings (SSSR count). The van der Waals surface area contributed by atoms with Crippen molar-refractivity contribution < 1.29 is 0 Å². The zero-order valence-electron chi connectivity index (χ0n) is 10.7. The second-order valence-electron chi connectivity index (χ2n) is 4.42. The molecular formula is C14H12N4O. The lowest BCUT2D eigenvalue weighted by Gasteiger charge is -2.00. The maximum absolute atomic E-state index is 11.3. The number of hydrogen-bond donors (Lipinski definition) is 0. The fraction of sp³-hybridized carbons (Fsp3) is 0.143. The smallest absolute Gasteiger partial charge is 0.267 e. The molecule has 0 amide bonds. The molecule has 5 heteroatoms. The molecule has 94 valence electrons. The van der Waals surface area contributed by atoms with Crippen LogP contribution >= 0.6 is 0 Å². The fourth-order valence-corrected chi connectivity index (χ4v) is 1.89. The molecule has 19 heavy (non-hydrogen) atoms. The van der Waals surface area contributed by atoms with Crippen LogP contribution in [-0.4, -0.2) is 21.1 Å². The zero-order chi connectivity index (χ0) is 13.4. The SMILES string of the molecule is CC1=Nn2ccc(=O)nc2C1=Nc1ccc(C)cc1. The van der Waals surface area contributed by atoms with Gasteiger partial charge in [-0.2, -0.15) is 10.1 Å². The van der Waals surface area contributed by atoms with E-state index in [1.165, 1.54) is 11.6 Å². The van der Waals surface area contributed by atoms with Crippen molar-refractivity contribution >= 4 is 17.1 Å². The molecule has 0 atom stereocenters. The summed E-state index contributed by atoms with van der Waals surface area (Å²) >= 11 is 0. The van der Waals surface area contributed by atoms with Gasteiger partial charge < -0.3 is 0 Å². The molecule has 0 N–H and O–H groups in total. The fourth-order valence-electron chi connectivity index (χ4n) is 1.89. The van der Waals surface area contributed by atoms with Gasteiger partial charge in [0.15, 0.2) is 5.82 Å². The van der Waals surface area contributed by atoms with E-state index >= 15 is 0 Å². The van der Waals surface area contributed by atoms with Gasteiger partial charge in [0, 0.05) is 12.3 Å². The van der Waals surface area contributed by atoms with Gasteiger partial charge in [-0.1, -0.05) is 17.7 Å². The Morgan fingerprint density at radius 3 is 2.58 bits per heavy atom. The van der Waals surface area contributed by atoms with Crippen molar-refractivity contribution in [2.24, 2.45) is 10.1 Å². The van der Waals surface area contributed by atoms with Crippen LogP contribution in [0.5, 0.6) is 0 Å². The molecule has 1 aliphatic rings. The van der Waals surface area contributed by atoms with Gasteiger partial charge in [-0.15, -0.1) is 0 Å². The molecule has 0 radical (unpaired) electrons. The van der Waals surface area contributed by atoms with Crippen LogP contribution in [0.1, 0.15) is 18.3 Å². The van der Waals surface area contributed by atoms with Crippen molar-refractivity contribution in [2.75, 3.05) is 0 Å². The topological polar surface area (TPSA) is 59.6 Å². The van der Waals surface area contributed by atoms with Crippen LogP contribution in [0.3, 0.4) is 0 Å². The van der Waals surface area contributed by atoms with Gasteiger partial charge in [0.25, 0.3) is 5.56 Å². The minimum absolute atomic E-state index is 0.284. The number of nitrogens with zero attached hydrogens (tertiary/aromatic N) is 4. The van der Waals surface area contributed by atoms with E-state index in [-0.39, 0.29) is 5.56 Å². The Morgan fingerprint density at radius 2 is 1.84 bits per heavy atom. The van der Waals surface area contributed by atoms with Crippen molar-refractivity contribution in [1.29, 1.82) is 0 Å². The maximum atomic E-state index is 11.3. The minimum Gasteiger partial charge on any atom is -0.267 e. The molecule has 1 aromatic carbocycles. The Balaban J connectivity index is 2.12. The molecule has 1 aliphatic heterocycles. The first-order chi connectivity index (χ1) is 9.13. The van der Waals surface area contributed by atoms with E-state index in [2.05, 4.69) is 15.1 Å². The summed E-state index contributed by atoms with van der Waals surface area (Å²) in [6, 6.07) is 9.23. The highest BCUT2D eigenvalue weighted by Crippen LogP contribution is 2.17. The number of benzene rings is 1. The molecule has 0 saturated carbocycles. The highest BCUT2D eigenvalue weighted by atomic mass is 16.1.